The van der Waals surface area contributed by atoms with Crippen LogP contribution in [0.2, 0.25) is 0 Å². The molecule has 0 spiro atoms. The molecule has 0 amide bonds. The fraction of sp³-hybridized carbons (Fsp3) is 0.400. The van der Waals surface area contributed by atoms with E-state index in [0.29, 0.717) is 0 Å². The summed E-state index contributed by atoms with van der Waals surface area (Å²) in [4.78, 5) is 6.97. The van der Waals surface area contributed by atoms with Crippen molar-refractivity contribution in [3.63, 3.8) is 0 Å². The predicted molar refractivity (Wildman–Crippen MR) is 73.9 cm³/mol. The number of pyridine rings is 1. The van der Waals surface area contributed by atoms with Crippen LogP contribution in [0.25, 0.3) is 10.9 Å². The summed E-state index contributed by atoms with van der Waals surface area (Å²) in [5.41, 5.74) is 2.29. The third-order valence-corrected chi connectivity index (χ3v) is 3.79. The van der Waals surface area contributed by atoms with Crippen LogP contribution in [0.4, 0.5) is 5.82 Å². The average molecular weight is 242 g/mol. The summed E-state index contributed by atoms with van der Waals surface area (Å²) in [5.74, 6) is 1.00. The zero-order valence-corrected chi connectivity index (χ0v) is 10.6. The van der Waals surface area contributed by atoms with Crippen molar-refractivity contribution in [2.24, 2.45) is 0 Å². The molecule has 1 fully saturated rings. The van der Waals surface area contributed by atoms with Crippen LogP contribution in [0.1, 0.15) is 18.4 Å². The number of anilines is 1. The SMILES string of the molecule is Cc1cc(N2CCCC2CO)nc2ccccc12. The van der Waals surface area contributed by atoms with Crippen LogP contribution in [-0.2, 0) is 0 Å². The molecule has 3 heteroatoms. The number of hydrogen-bond donors (Lipinski definition) is 1. The number of aliphatic hydroxyl groups excluding tert-OH is 1. The van der Waals surface area contributed by atoms with Gasteiger partial charge in [-0.1, -0.05) is 18.2 Å². The van der Waals surface area contributed by atoms with Crippen LogP contribution >= 0.6 is 0 Å². The number of benzene rings is 1. The maximum Gasteiger partial charge on any atom is 0.129 e. The van der Waals surface area contributed by atoms with E-state index in [4.69, 9.17) is 4.98 Å². The molecule has 0 bridgehead atoms. The van der Waals surface area contributed by atoms with Crippen molar-refractivity contribution in [3.05, 3.63) is 35.9 Å². The first-order valence-corrected chi connectivity index (χ1v) is 6.53. The molecule has 0 saturated carbocycles. The Bertz CT molecular complexity index is 567. The number of aromatic nitrogens is 1. The fourth-order valence-electron chi connectivity index (χ4n) is 2.81. The summed E-state index contributed by atoms with van der Waals surface area (Å²) in [6.07, 6.45) is 2.20. The van der Waals surface area contributed by atoms with Gasteiger partial charge in [-0.15, -0.1) is 0 Å². The Hall–Kier alpha value is -1.61. The van der Waals surface area contributed by atoms with Gasteiger partial charge in [0.05, 0.1) is 18.2 Å². The number of para-hydroxylation sites is 1. The molecule has 1 aliphatic rings. The van der Waals surface area contributed by atoms with Gasteiger partial charge in [0, 0.05) is 11.9 Å². The Morgan fingerprint density at radius 1 is 1.39 bits per heavy atom. The molecule has 94 valence electrons. The lowest BCUT2D eigenvalue weighted by molar-refractivity contribution is 0.266. The first kappa shape index (κ1) is 11.5. The molecule has 2 heterocycles. The van der Waals surface area contributed by atoms with Crippen molar-refractivity contribution < 1.29 is 5.11 Å². The summed E-state index contributed by atoms with van der Waals surface area (Å²) < 4.78 is 0. The van der Waals surface area contributed by atoms with E-state index in [0.717, 1.165) is 30.7 Å². The Morgan fingerprint density at radius 3 is 3.06 bits per heavy atom. The highest BCUT2D eigenvalue weighted by Gasteiger charge is 2.25. The Balaban J connectivity index is 2.07. The first-order chi connectivity index (χ1) is 8.79. The molecule has 0 radical (unpaired) electrons. The number of aliphatic hydroxyl groups is 1. The highest BCUT2D eigenvalue weighted by Crippen LogP contribution is 2.27. The van der Waals surface area contributed by atoms with Gasteiger partial charge in [-0.3, -0.25) is 0 Å². The van der Waals surface area contributed by atoms with Crippen LogP contribution in [0.15, 0.2) is 30.3 Å². The summed E-state index contributed by atoms with van der Waals surface area (Å²) in [5, 5.41) is 10.6. The standard InChI is InChI=1S/C15H18N2O/c1-11-9-15(17-8-4-5-12(17)10-18)16-14-7-3-2-6-13(11)14/h2-3,6-7,9,12,18H,4-5,8,10H2,1H3. The van der Waals surface area contributed by atoms with E-state index in [9.17, 15) is 5.11 Å². The van der Waals surface area contributed by atoms with Crippen molar-refractivity contribution in [2.45, 2.75) is 25.8 Å². The molecule has 3 rings (SSSR count). The van der Waals surface area contributed by atoms with Crippen LogP contribution in [0.5, 0.6) is 0 Å². The summed E-state index contributed by atoms with van der Waals surface area (Å²) in [6, 6.07) is 10.6. The van der Waals surface area contributed by atoms with Gasteiger partial charge in [0.2, 0.25) is 0 Å². The minimum atomic E-state index is 0.216. The second-order valence-electron chi connectivity index (χ2n) is 4.99. The first-order valence-electron chi connectivity index (χ1n) is 6.53. The van der Waals surface area contributed by atoms with Gasteiger partial charge in [-0.2, -0.15) is 0 Å². The van der Waals surface area contributed by atoms with Gasteiger partial charge in [0.25, 0.3) is 0 Å². The molecule has 18 heavy (non-hydrogen) atoms. The van der Waals surface area contributed by atoms with E-state index < -0.39 is 0 Å². The zero-order valence-electron chi connectivity index (χ0n) is 10.6. The second-order valence-corrected chi connectivity index (χ2v) is 4.99. The number of nitrogens with zero attached hydrogens (tertiary/aromatic N) is 2. The van der Waals surface area contributed by atoms with Crippen LogP contribution < -0.4 is 4.90 Å². The minimum Gasteiger partial charge on any atom is -0.394 e. The monoisotopic (exact) mass is 242 g/mol. The van der Waals surface area contributed by atoms with Gasteiger partial charge in [0.1, 0.15) is 5.82 Å². The lowest BCUT2D eigenvalue weighted by atomic mass is 10.1. The Labute approximate surface area is 107 Å². The quantitative estimate of drug-likeness (QED) is 0.879. The van der Waals surface area contributed by atoms with E-state index in [-0.39, 0.29) is 12.6 Å². The molecule has 1 aliphatic heterocycles. The van der Waals surface area contributed by atoms with Crippen molar-refractivity contribution in [1.29, 1.82) is 0 Å². The lowest BCUT2D eigenvalue weighted by Crippen LogP contribution is -2.32. The summed E-state index contributed by atoms with van der Waals surface area (Å²) in [7, 11) is 0. The van der Waals surface area contributed by atoms with Crippen LogP contribution in [-0.4, -0.2) is 29.3 Å². The predicted octanol–water partition coefficient (Wildman–Crippen LogP) is 2.50. The smallest absolute Gasteiger partial charge is 0.129 e. The van der Waals surface area contributed by atoms with Crippen molar-refractivity contribution in [2.75, 3.05) is 18.1 Å². The van der Waals surface area contributed by atoms with Gasteiger partial charge >= 0.3 is 0 Å². The maximum atomic E-state index is 9.41. The van der Waals surface area contributed by atoms with Crippen molar-refractivity contribution in [3.8, 4) is 0 Å². The number of hydrogen-bond acceptors (Lipinski definition) is 3. The molecule has 1 unspecified atom stereocenters. The van der Waals surface area contributed by atoms with E-state index in [1.807, 2.05) is 12.1 Å². The van der Waals surface area contributed by atoms with E-state index in [1.165, 1.54) is 10.9 Å². The molecule has 3 nitrogen and oxygen atoms in total. The van der Waals surface area contributed by atoms with E-state index in [1.54, 1.807) is 0 Å². The number of aryl methyl sites for hydroxylation is 1. The van der Waals surface area contributed by atoms with Gasteiger partial charge in [-0.25, -0.2) is 4.98 Å². The van der Waals surface area contributed by atoms with Crippen LogP contribution in [0, 0.1) is 6.92 Å². The molecule has 1 atom stereocenters. The number of rotatable bonds is 2. The van der Waals surface area contributed by atoms with E-state index in [2.05, 4.69) is 30.0 Å². The van der Waals surface area contributed by atoms with Gasteiger partial charge < -0.3 is 10.0 Å². The molecule has 2 aromatic rings. The Morgan fingerprint density at radius 2 is 2.22 bits per heavy atom. The third kappa shape index (κ3) is 1.85. The third-order valence-electron chi connectivity index (χ3n) is 3.79. The molecular formula is C15H18N2O. The van der Waals surface area contributed by atoms with E-state index >= 15 is 0 Å². The van der Waals surface area contributed by atoms with Gasteiger partial charge in [0.15, 0.2) is 0 Å². The molecule has 1 aromatic carbocycles. The molecule has 0 aliphatic carbocycles. The molecular weight excluding hydrogens is 224 g/mol. The van der Waals surface area contributed by atoms with Crippen LogP contribution in [0.3, 0.4) is 0 Å². The zero-order chi connectivity index (χ0) is 12.5. The Kier molecular flexibility index (Phi) is 2.92. The van der Waals surface area contributed by atoms with Crippen molar-refractivity contribution >= 4 is 16.7 Å². The van der Waals surface area contributed by atoms with Crippen molar-refractivity contribution in [1.82, 2.24) is 4.98 Å². The lowest BCUT2D eigenvalue weighted by Gasteiger charge is -2.24. The fourth-order valence-corrected chi connectivity index (χ4v) is 2.81. The summed E-state index contributed by atoms with van der Waals surface area (Å²) in [6.45, 7) is 3.33. The molecule has 1 aromatic heterocycles. The highest BCUT2D eigenvalue weighted by atomic mass is 16.3. The largest absolute Gasteiger partial charge is 0.394 e. The minimum absolute atomic E-state index is 0.216. The maximum absolute atomic E-state index is 9.41. The van der Waals surface area contributed by atoms with Gasteiger partial charge in [-0.05, 0) is 37.5 Å². The topological polar surface area (TPSA) is 36.4 Å². The molecule has 1 saturated heterocycles. The molecule has 1 N–H and O–H groups in total. The normalized spacial score (nSPS) is 19.7. The highest BCUT2D eigenvalue weighted by molar-refractivity contribution is 5.83. The number of fused-ring (bicyclic) bond motifs is 1. The summed E-state index contributed by atoms with van der Waals surface area (Å²) >= 11 is 0. The average Bonchev–Trinajstić information content (AvgIpc) is 2.87. The second kappa shape index (κ2) is 4.58.